The van der Waals surface area contributed by atoms with E-state index in [0.29, 0.717) is 48.6 Å². The van der Waals surface area contributed by atoms with Gasteiger partial charge in [-0.05, 0) is 57.0 Å². The largest absolute Gasteiger partial charge is 0.378 e. The number of pyridine rings is 1. The van der Waals surface area contributed by atoms with Crippen molar-refractivity contribution in [1.29, 1.82) is 0 Å². The Morgan fingerprint density at radius 1 is 1.08 bits per heavy atom. The summed E-state index contributed by atoms with van der Waals surface area (Å²) in [7, 11) is 0. The number of aromatic nitrogens is 4. The molecule has 5 rings (SSSR count). The van der Waals surface area contributed by atoms with E-state index in [0.717, 1.165) is 22.8 Å². The van der Waals surface area contributed by atoms with Crippen LogP contribution in [0, 0.1) is 24.6 Å². The molecule has 1 aliphatic heterocycles. The number of fused-ring (bicyclic) bond motifs is 1. The van der Waals surface area contributed by atoms with Gasteiger partial charge in [-0.2, -0.15) is 13.9 Å². The number of hydrogen-bond donors (Lipinski definition) is 1. The van der Waals surface area contributed by atoms with Crippen molar-refractivity contribution >= 4 is 22.9 Å². The van der Waals surface area contributed by atoms with Gasteiger partial charge in [0.05, 0.1) is 42.5 Å². The van der Waals surface area contributed by atoms with E-state index in [4.69, 9.17) is 4.74 Å². The Morgan fingerprint density at radius 3 is 2.49 bits per heavy atom. The number of rotatable bonds is 4. The smallest absolute Gasteiger partial charge is 0.262 e. The zero-order valence-electron chi connectivity index (χ0n) is 21.0. The van der Waals surface area contributed by atoms with E-state index < -0.39 is 29.2 Å². The molecule has 1 N–H and O–H groups in total. The van der Waals surface area contributed by atoms with E-state index in [9.17, 15) is 18.0 Å². The molecular formula is C26H27F3N6O2. The number of imidazole rings is 1. The summed E-state index contributed by atoms with van der Waals surface area (Å²) >= 11 is 0. The number of carbonyl (C=O) groups excluding carboxylic acids is 1. The minimum Gasteiger partial charge on any atom is -0.378 e. The Labute approximate surface area is 211 Å². The lowest BCUT2D eigenvalue weighted by Crippen LogP contribution is -2.36. The van der Waals surface area contributed by atoms with Crippen LogP contribution in [0.2, 0.25) is 0 Å². The zero-order valence-corrected chi connectivity index (χ0v) is 21.0. The van der Waals surface area contributed by atoms with E-state index in [1.807, 2.05) is 6.07 Å². The second kappa shape index (κ2) is 9.22. The molecule has 37 heavy (non-hydrogen) atoms. The SMILES string of the molecule is Cc1cc(F)c(NC(=O)c2cnn(C(C)(C)C)c2F)cc1-c1cc(N2CCOCC2)c2ncc(F)n2c1. The van der Waals surface area contributed by atoms with Crippen LogP contribution in [0.15, 0.2) is 36.8 Å². The highest BCUT2D eigenvalue weighted by molar-refractivity contribution is 6.04. The van der Waals surface area contributed by atoms with Crippen molar-refractivity contribution in [3.63, 3.8) is 0 Å². The first kappa shape index (κ1) is 24.8. The second-order valence-electron chi connectivity index (χ2n) is 10.0. The Kier molecular flexibility index (Phi) is 6.18. The quantitative estimate of drug-likeness (QED) is 0.427. The molecule has 194 valence electrons. The number of amides is 1. The fourth-order valence-electron chi connectivity index (χ4n) is 4.45. The number of carbonyl (C=O) groups is 1. The first-order chi connectivity index (χ1) is 17.5. The molecule has 1 amide bonds. The molecule has 3 aromatic heterocycles. The van der Waals surface area contributed by atoms with Crippen molar-refractivity contribution in [2.75, 3.05) is 36.5 Å². The molecule has 11 heteroatoms. The lowest BCUT2D eigenvalue weighted by Gasteiger charge is -2.29. The Bertz CT molecular complexity index is 1500. The summed E-state index contributed by atoms with van der Waals surface area (Å²) in [5, 5.41) is 6.43. The number of benzene rings is 1. The van der Waals surface area contributed by atoms with Crippen molar-refractivity contribution in [2.45, 2.75) is 33.2 Å². The van der Waals surface area contributed by atoms with Gasteiger partial charge >= 0.3 is 0 Å². The fraction of sp³-hybridized carbons (Fsp3) is 0.346. The highest BCUT2D eigenvalue weighted by Crippen LogP contribution is 2.34. The van der Waals surface area contributed by atoms with Crippen LogP contribution >= 0.6 is 0 Å². The molecule has 1 aliphatic rings. The number of nitrogens with one attached hydrogen (secondary N) is 1. The van der Waals surface area contributed by atoms with E-state index >= 15 is 0 Å². The molecule has 8 nitrogen and oxygen atoms in total. The molecule has 0 saturated carbocycles. The van der Waals surface area contributed by atoms with Crippen LogP contribution in [0.1, 0.15) is 36.7 Å². The number of nitrogens with zero attached hydrogens (tertiary/aromatic N) is 5. The molecule has 0 unspecified atom stereocenters. The van der Waals surface area contributed by atoms with Gasteiger partial charge in [0.15, 0.2) is 5.65 Å². The molecule has 1 aromatic carbocycles. The van der Waals surface area contributed by atoms with Crippen LogP contribution in [0.4, 0.5) is 24.5 Å². The van der Waals surface area contributed by atoms with E-state index in [2.05, 4.69) is 20.3 Å². The van der Waals surface area contributed by atoms with Crippen LogP contribution in [-0.4, -0.2) is 51.4 Å². The van der Waals surface area contributed by atoms with Gasteiger partial charge in [0.1, 0.15) is 11.4 Å². The van der Waals surface area contributed by atoms with Crippen LogP contribution in [0.3, 0.4) is 0 Å². The van der Waals surface area contributed by atoms with Gasteiger partial charge in [-0.15, -0.1) is 0 Å². The minimum absolute atomic E-state index is 0.132. The highest BCUT2D eigenvalue weighted by Gasteiger charge is 2.25. The van der Waals surface area contributed by atoms with Crippen LogP contribution in [0.5, 0.6) is 0 Å². The summed E-state index contributed by atoms with van der Waals surface area (Å²) in [6.07, 6.45) is 3.85. The average molecular weight is 513 g/mol. The van der Waals surface area contributed by atoms with Gasteiger partial charge in [-0.25, -0.2) is 14.1 Å². The fourth-order valence-corrected chi connectivity index (χ4v) is 4.45. The molecule has 0 spiro atoms. The molecule has 1 saturated heterocycles. The van der Waals surface area contributed by atoms with Crippen molar-refractivity contribution in [1.82, 2.24) is 19.2 Å². The number of hydrogen-bond acceptors (Lipinski definition) is 5. The molecular weight excluding hydrogens is 485 g/mol. The maximum Gasteiger partial charge on any atom is 0.262 e. The summed E-state index contributed by atoms with van der Waals surface area (Å²) in [4.78, 5) is 19.1. The van der Waals surface area contributed by atoms with Crippen molar-refractivity contribution in [3.8, 4) is 11.1 Å². The monoisotopic (exact) mass is 512 g/mol. The van der Waals surface area contributed by atoms with Crippen LogP contribution in [-0.2, 0) is 10.3 Å². The van der Waals surface area contributed by atoms with E-state index in [1.54, 1.807) is 33.9 Å². The number of ether oxygens (including phenoxy) is 1. The summed E-state index contributed by atoms with van der Waals surface area (Å²) in [5.74, 6) is -2.85. The summed E-state index contributed by atoms with van der Waals surface area (Å²) in [6, 6.07) is 4.61. The maximum atomic E-state index is 14.9. The maximum absolute atomic E-state index is 14.9. The summed E-state index contributed by atoms with van der Waals surface area (Å²) in [6.45, 7) is 9.28. The van der Waals surface area contributed by atoms with Crippen LogP contribution in [0.25, 0.3) is 16.8 Å². The molecule has 1 fully saturated rings. The van der Waals surface area contributed by atoms with Gasteiger partial charge in [-0.1, -0.05) is 0 Å². The third kappa shape index (κ3) is 4.55. The number of aryl methyl sites for hydroxylation is 1. The van der Waals surface area contributed by atoms with Gasteiger partial charge in [0.25, 0.3) is 5.91 Å². The van der Waals surface area contributed by atoms with E-state index in [1.165, 1.54) is 16.5 Å². The van der Waals surface area contributed by atoms with Crippen molar-refractivity contribution < 1.29 is 22.7 Å². The lowest BCUT2D eigenvalue weighted by atomic mass is 10.00. The highest BCUT2D eigenvalue weighted by atomic mass is 19.1. The van der Waals surface area contributed by atoms with Crippen molar-refractivity contribution in [3.05, 3.63) is 65.6 Å². The second-order valence-corrected chi connectivity index (χ2v) is 10.0. The normalized spacial score (nSPS) is 14.4. The molecule has 0 atom stereocenters. The Balaban J connectivity index is 1.55. The number of morpholine rings is 1. The molecule has 0 radical (unpaired) electrons. The standard InChI is InChI=1S/C26H27F3N6O2/c1-15-9-19(27)20(32-25(36)18-12-31-35(23(18)29)26(2,3)4)11-17(15)16-10-21(33-5-7-37-8-6-33)24-30-13-22(28)34(24)14-16/h9-14H,5-8H2,1-4H3,(H,32,36). The Morgan fingerprint density at radius 2 is 1.81 bits per heavy atom. The summed E-state index contributed by atoms with van der Waals surface area (Å²) < 4.78 is 52.3. The Hall–Kier alpha value is -3.86. The summed E-state index contributed by atoms with van der Waals surface area (Å²) in [5.41, 5.74) is 1.83. The minimum atomic E-state index is -0.827. The first-order valence-electron chi connectivity index (χ1n) is 11.9. The van der Waals surface area contributed by atoms with Gasteiger partial charge in [0.2, 0.25) is 11.9 Å². The van der Waals surface area contributed by atoms with Crippen molar-refractivity contribution in [2.24, 2.45) is 0 Å². The molecule has 0 bridgehead atoms. The predicted octanol–water partition coefficient (Wildman–Crippen LogP) is 4.77. The topological polar surface area (TPSA) is 76.7 Å². The average Bonchev–Trinajstić information content (AvgIpc) is 3.43. The predicted molar refractivity (Wildman–Crippen MR) is 133 cm³/mol. The number of anilines is 2. The van der Waals surface area contributed by atoms with E-state index in [-0.39, 0.29) is 11.3 Å². The number of halogens is 3. The third-order valence-corrected chi connectivity index (χ3v) is 6.36. The van der Waals surface area contributed by atoms with Gasteiger partial charge < -0.3 is 15.0 Å². The molecule has 0 aliphatic carbocycles. The molecule has 4 aromatic rings. The lowest BCUT2D eigenvalue weighted by molar-refractivity contribution is 0.102. The molecule has 4 heterocycles. The van der Waals surface area contributed by atoms with Gasteiger partial charge in [-0.3, -0.25) is 9.20 Å². The third-order valence-electron chi connectivity index (χ3n) is 6.36. The first-order valence-corrected chi connectivity index (χ1v) is 11.9. The van der Waals surface area contributed by atoms with Crippen LogP contribution < -0.4 is 10.2 Å². The van der Waals surface area contributed by atoms with Gasteiger partial charge in [0, 0.05) is 24.8 Å². The zero-order chi connectivity index (χ0) is 26.5.